The topological polar surface area (TPSA) is 94.5 Å². The molecule has 0 unspecified atom stereocenters. The van der Waals surface area contributed by atoms with E-state index in [-0.39, 0.29) is 5.75 Å². The summed E-state index contributed by atoms with van der Waals surface area (Å²) >= 11 is 1.46. The molecule has 1 heterocycles. The van der Waals surface area contributed by atoms with E-state index < -0.39 is 7.82 Å². The molecule has 0 saturated heterocycles. The van der Waals surface area contributed by atoms with Crippen LogP contribution >= 0.6 is 19.2 Å². The number of hydrogen-bond donors (Lipinski definition) is 2. The zero-order valence-corrected chi connectivity index (χ0v) is 17.1. The number of methoxy groups -OCH3 is 3. The number of hydrogen-bond acceptors (Lipinski definition) is 6. The lowest BCUT2D eigenvalue weighted by molar-refractivity contribution is 0.284. The van der Waals surface area contributed by atoms with Crippen molar-refractivity contribution in [1.82, 2.24) is 0 Å². The van der Waals surface area contributed by atoms with Gasteiger partial charge in [-0.1, -0.05) is 12.2 Å². The number of phosphoric ester groups is 1. The highest BCUT2D eigenvalue weighted by Crippen LogP contribution is 2.43. The third-order valence-electron chi connectivity index (χ3n) is 3.93. The highest BCUT2D eigenvalue weighted by molar-refractivity contribution is 7.46. The fraction of sp³-hybridized carbons (Fsp3) is 0.158. The first-order valence-corrected chi connectivity index (χ1v) is 10.5. The van der Waals surface area contributed by atoms with Crippen molar-refractivity contribution in [3.05, 3.63) is 46.8 Å². The van der Waals surface area contributed by atoms with Crippen LogP contribution in [0.25, 0.3) is 22.2 Å². The Labute approximate surface area is 166 Å². The summed E-state index contributed by atoms with van der Waals surface area (Å²) < 4.78 is 33.0. The quantitative estimate of drug-likeness (QED) is 0.425. The molecule has 7 nitrogen and oxygen atoms in total. The van der Waals surface area contributed by atoms with Crippen molar-refractivity contribution < 1.29 is 33.1 Å². The molecule has 0 atom stereocenters. The Balaban J connectivity index is 2.00. The van der Waals surface area contributed by atoms with Gasteiger partial charge >= 0.3 is 7.82 Å². The van der Waals surface area contributed by atoms with E-state index in [0.717, 1.165) is 15.8 Å². The van der Waals surface area contributed by atoms with E-state index in [1.165, 1.54) is 18.4 Å². The molecule has 0 fully saturated rings. The number of fused-ring (bicyclic) bond motifs is 1. The van der Waals surface area contributed by atoms with Crippen LogP contribution in [0.4, 0.5) is 0 Å². The largest absolute Gasteiger partial charge is 0.524 e. The van der Waals surface area contributed by atoms with Crippen LogP contribution in [0.15, 0.2) is 35.7 Å². The monoisotopic (exact) mass is 422 g/mol. The average Bonchev–Trinajstić information content (AvgIpc) is 3.13. The van der Waals surface area contributed by atoms with Crippen molar-refractivity contribution in [3.63, 3.8) is 0 Å². The van der Waals surface area contributed by atoms with Gasteiger partial charge in [-0.05, 0) is 46.8 Å². The summed E-state index contributed by atoms with van der Waals surface area (Å²) in [5.74, 6) is 1.69. The van der Waals surface area contributed by atoms with E-state index in [1.807, 2.05) is 23.6 Å². The van der Waals surface area contributed by atoms with E-state index in [2.05, 4.69) is 0 Å². The number of rotatable bonds is 7. The van der Waals surface area contributed by atoms with Gasteiger partial charge in [-0.3, -0.25) is 9.79 Å². The van der Waals surface area contributed by atoms with Gasteiger partial charge in [-0.25, -0.2) is 4.57 Å². The number of phosphoric acid groups is 1. The van der Waals surface area contributed by atoms with Crippen LogP contribution in [0.5, 0.6) is 23.0 Å². The van der Waals surface area contributed by atoms with Gasteiger partial charge in [0.05, 0.1) is 21.3 Å². The van der Waals surface area contributed by atoms with Crippen LogP contribution in [0.3, 0.4) is 0 Å². The summed E-state index contributed by atoms with van der Waals surface area (Å²) in [7, 11) is -0.0393. The fourth-order valence-corrected chi connectivity index (χ4v) is 4.01. The molecule has 0 aliphatic carbocycles. The molecule has 28 heavy (non-hydrogen) atoms. The average molecular weight is 422 g/mol. The van der Waals surface area contributed by atoms with Crippen LogP contribution in [-0.2, 0) is 4.57 Å². The molecule has 3 aromatic rings. The van der Waals surface area contributed by atoms with Crippen LogP contribution < -0.4 is 18.7 Å². The molecule has 2 N–H and O–H groups in total. The van der Waals surface area contributed by atoms with Gasteiger partial charge in [-0.2, -0.15) is 0 Å². The number of thiophene rings is 1. The van der Waals surface area contributed by atoms with Crippen molar-refractivity contribution in [3.8, 4) is 23.0 Å². The van der Waals surface area contributed by atoms with Crippen LogP contribution in [0.1, 0.15) is 11.1 Å². The van der Waals surface area contributed by atoms with Gasteiger partial charge in [0.2, 0.25) is 5.75 Å². The fourth-order valence-electron chi connectivity index (χ4n) is 2.75. The predicted molar refractivity (Wildman–Crippen MR) is 110 cm³/mol. The Hall–Kier alpha value is -2.51. The first-order chi connectivity index (χ1) is 13.3. The molecule has 1 aromatic heterocycles. The highest BCUT2D eigenvalue weighted by Gasteiger charge is 2.18. The number of benzene rings is 2. The Morgan fingerprint density at radius 3 is 2.00 bits per heavy atom. The molecule has 0 aliphatic heterocycles. The predicted octanol–water partition coefficient (Wildman–Crippen LogP) is 4.57. The van der Waals surface area contributed by atoms with E-state index in [0.29, 0.717) is 22.6 Å². The molecule has 0 spiro atoms. The molecule has 3 rings (SSSR count). The Kier molecular flexibility index (Phi) is 5.96. The van der Waals surface area contributed by atoms with E-state index in [4.69, 9.17) is 28.5 Å². The molecular weight excluding hydrogens is 403 g/mol. The van der Waals surface area contributed by atoms with Gasteiger partial charge in [0, 0.05) is 10.1 Å². The second kappa shape index (κ2) is 8.24. The molecule has 148 valence electrons. The van der Waals surface area contributed by atoms with E-state index in [1.54, 1.807) is 38.5 Å². The van der Waals surface area contributed by atoms with E-state index >= 15 is 0 Å². The minimum absolute atomic E-state index is 0.136. The molecule has 0 bridgehead atoms. The summed E-state index contributed by atoms with van der Waals surface area (Å²) in [5.41, 5.74) is 1.53. The second-order valence-electron chi connectivity index (χ2n) is 5.73. The zero-order valence-electron chi connectivity index (χ0n) is 15.4. The number of ether oxygens (including phenoxy) is 3. The van der Waals surface area contributed by atoms with Crippen molar-refractivity contribution in [2.24, 2.45) is 0 Å². The normalized spacial score (nSPS) is 11.8. The van der Waals surface area contributed by atoms with Crippen molar-refractivity contribution in [2.45, 2.75) is 0 Å². The Morgan fingerprint density at radius 1 is 0.893 bits per heavy atom. The third kappa shape index (κ3) is 4.48. The summed E-state index contributed by atoms with van der Waals surface area (Å²) in [4.78, 5) is 18.3. The molecule has 0 amide bonds. The summed E-state index contributed by atoms with van der Waals surface area (Å²) in [6.45, 7) is 0. The first-order valence-electron chi connectivity index (χ1n) is 8.09. The molecule has 0 saturated carbocycles. The zero-order chi connectivity index (χ0) is 20.3. The van der Waals surface area contributed by atoms with Gasteiger partial charge in [0.1, 0.15) is 5.75 Å². The molecule has 9 heteroatoms. The van der Waals surface area contributed by atoms with Crippen molar-refractivity contribution in [2.75, 3.05) is 21.3 Å². The Bertz CT molecular complexity index is 1040. The summed E-state index contributed by atoms with van der Waals surface area (Å²) in [5, 5.41) is 2.49. The minimum Gasteiger partial charge on any atom is -0.493 e. The lowest BCUT2D eigenvalue weighted by Gasteiger charge is -2.13. The SMILES string of the molecule is COc1cc(/C=C\c2cc(OP(=O)(O)O)c3ccsc3c2)cc(OC)c1OC. The lowest BCUT2D eigenvalue weighted by Crippen LogP contribution is -1.95. The first kappa shape index (κ1) is 20.2. The minimum atomic E-state index is -4.66. The molecule has 2 aromatic carbocycles. The van der Waals surface area contributed by atoms with Crippen LogP contribution in [0.2, 0.25) is 0 Å². The van der Waals surface area contributed by atoms with Gasteiger partial charge in [-0.15, -0.1) is 11.3 Å². The molecular formula is C19H19O7PS. The van der Waals surface area contributed by atoms with Crippen molar-refractivity contribution >= 4 is 41.4 Å². The standard InChI is InChI=1S/C19H19O7PS/c1-23-16-9-12(10-17(24-2)19(16)25-3)4-5-13-8-15(26-27(20,21)22)14-6-7-28-18(14)11-13/h4-11H,1-3H3,(H2,20,21,22)/b5-4-. The van der Waals surface area contributed by atoms with Crippen LogP contribution in [-0.4, -0.2) is 31.1 Å². The van der Waals surface area contributed by atoms with Crippen molar-refractivity contribution in [1.29, 1.82) is 0 Å². The maximum absolute atomic E-state index is 11.3. The second-order valence-corrected chi connectivity index (χ2v) is 7.84. The van der Waals surface area contributed by atoms with Gasteiger partial charge < -0.3 is 18.7 Å². The van der Waals surface area contributed by atoms with Gasteiger partial charge in [0.15, 0.2) is 11.5 Å². The summed E-state index contributed by atoms with van der Waals surface area (Å²) in [6.07, 6.45) is 3.65. The summed E-state index contributed by atoms with van der Waals surface area (Å²) in [6, 6.07) is 8.87. The highest BCUT2D eigenvalue weighted by atomic mass is 32.1. The van der Waals surface area contributed by atoms with Gasteiger partial charge in [0.25, 0.3) is 0 Å². The van der Waals surface area contributed by atoms with E-state index in [9.17, 15) is 4.57 Å². The Morgan fingerprint density at radius 2 is 1.46 bits per heavy atom. The lowest BCUT2D eigenvalue weighted by atomic mass is 10.1. The van der Waals surface area contributed by atoms with Crippen LogP contribution in [0, 0.1) is 0 Å². The molecule has 0 aliphatic rings. The smallest absolute Gasteiger partial charge is 0.493 e. The maximum atomic E-state index is 11.3. The third-order valence-corrected chi connectivity index (χ3v) is 5.23. The molecule has 0 radical (unpaired) electrons. The maximum Gasteiger partial charge on any atom is 0.524 e.